The minimum Gasteiger partial charge on any atom is -0.496 e. The summed E-state index contributed by atoms with van der Waals surface area (Å²) in [7, 11) is 3.35. The molecule has 2 aromatic rings. The molecule has 4 nitrogen and oxygen atoms in total. The lowest BCUT2D eigenvalue weighted by atomic mass is 10.2. The molecule has 2 aromatic carbocycles. The third-order valence-electron chi connectivity index (χ3n) is 3.29. The highest BCUT2D eigenvalue weighted by molar-refractivity contribution is 14.0. The van der Waals surface area contributed by atoms with Gasteiger partial charge in [0.15, 0.2) is 5.96 Å². The SMILES string of the molecule is CN=C(NCc1ccc(F)cc1)NCc1cc(Br)ccc1OC.I. The van der Waals surface area contributed by atoms with E-state index in [0.29, 0.717) is 19.0 Å². The van der Waals surface area contributed by atoms with Crippen molar-refractivity contribution in [3.8, 4) is 5.75 Å². The molecule has 0 aromatic heterocycles. The van der Waals surface area contributed by atoms with Gasteiger partial charge in [0.2, 0.25) is 0 Å². The second-order valence-electron chi connectivity index (χ2n) is 4.86. The lowest BCUT2D eigenvalue weighted by molar-refractivity contribution is 0.409. The van der Waals surface area contributed by atoms with Crippen LogP contribution >= 0.6 is 39.9 Å². The lowest BCUT2D eigenvalue weighted by Gasteiger charge is -2.14. The number of aliphatic imine (C=N–C) groups is 1. The molecular weight excluding hydrogens is 488 g/mol. The average Bonchev–Trinajstić information content (AvgIpc) is 2.56. The van der Waals surface area contributed by atoms with E-state index in [2.05, 4.69) is 31.6 Å². The molecule has 0 fully saturated rings. The molecule has 0 aliphatic carbocycles. The zero-order chi connectivity index (χ0) is 16.7. The van der Waals surface area contributed by atoms with Crippen LogP contribution in [0.3, 0.4) is 0 Å². The highest BCUT2D eigenvalue weighted by Crippen LogP contribution is 2.22. The molecule has 0 saturated carbocycles. The topological polar surface area (TPSA) is 45.7 Å². The fourth-order valence-electron chi connectivity index (χ4n) is 2.07. The molecule has 0 atom stereocenters. The third-order valence-corrected chi connectivity index (χ3v) is 3.78. The van der Waals surface area contributed by atoms with E-state index < -0.39 is 0 Å². The summed E-state index contributed by atoms with van der Waals surface area (Å²) in [5.41, 5.74) is 2.00. The Morgan fingerprint density at radius 1 is 1.12 bits per heavy atom. The maximum absolute atomic E-state index is 12.9. The predicted molar refractivity (Wildman–Crippen MR) is 110 cm³/mol. The van der Waals surface area contributed by atoms with Crippen molar-refractivity contribution in [3.05, 3.63) is 63.9 Å². The van der Waals surface area contributed by atoms with Gasteiger partial charge in [-0.3, -0.25) is 4.99 Å². The Bertz CT molecular complexity index is 680. The fraction of sp³-hybridized carbons (Fsp3) is 0.235. The van der Waals surface area contributed by atoms with Crippen molar-refractivity contribution in [3.63, 3.8) is 0 Å². The number of nitrogens with one attached hydrogen (secondary N) is 2. The summed E-state index contributed by atoms with van der Waals surface area (Å²) in [4.78, 5) is 4.18. The minimum atomic E-state index is -0.238. The van der Waals surface area contributed by atoms with E-state index in [9.17, 15) is 4.39 Å². The molecule has 0 unspecified atom stereocenters. The summed E-state index contributed by atoms with van der Waals surface area (Å²) in [6.07, 6.45) is 0. The zero-order valence-electron chi connectivity index (χ0n) is 13.5. The quantitative estimate of drug-likeness (QED) is 0.364. The Morgan fingerprint density at radius 2 is 1.79 bits per heavy atom. The normalized spacial score (nSPS) is 10.8. The van der Waals surface area contributed by atoms with Crippen LogP contribution in [0, 0.1) is 5.82 Å². The number of ether oxygens (including phenoxy) is 1. The number of nitrogens with zero attached hydrogens (tertiary/aromatic N) is 1. The molecule has 0 saturated heterocycles. The number of methoxy groups -OCH3 is 1. The molecule has 0 heterocycles. The predicted octanol–water partition coefficient (Wildman–Crippen LogP) is 4.08. The van der Waals surface area contributed by atoms with E-state index in [-0.39, 0.29) is 29.8 Å². The zero-order valence-corrected chi connectivity index (χ0v) is 17.4. The van der Waals surface area contributed by atoms with Crippen molar-refractivity contribution in [1.82, 2.24) is 10.6 Å². The minimum absolute atomic E-state index is 0. The Balaban J connectivity index is 0.00000288. The molecule has 2 rings (SSSR count). The number of hydrogen-bond donors (Lipinski definition) is 2. The molecule has 0 radical (unpaired) electrons. The van der Waals surface area contributed by atoms with Gasteiger partial charge in [0.25, 0.3) is 0 Å². The Morgan fingerprint density at radius 3 is 2.42 bits per heavy atom. The van der Waals surface area contributed by atoms with Crippen molar-refractivity contribution in [2.24, 2.45) is 4.99 Å². The van der Waals surface area contributed by atoms with Crippen LogP contribution in [0.15, 0.2) is 51.9 Å². The number of rotatable bonds is 5. The molecule has 2 N–H and O–H groups in total. The summed E-state index contributed by atoms with van der Waals surface area (Å²) in [5.74, 6) is 1.24. The Kier molecular flexibility index (Phi) is 9.05. The lowest BCUT2D eigenvalue weighted by Crippen LogP contribution is -2.36. The van der Waals surface area contributed by atoms with Gasteiger partial charge in [-0.25, -0.2) is 4.39 Å². The van der Waals surface area contributed by atoms with E-state index in [1.54, 1.807) is 26.3 Å². The molecule has 7 heteroatoms. The molecule has 24 heavy (non-hydrogen) atoms. The van der Waals surface area contributed by atoms with Gasteiger partial charge in [-0.1, -0.05) is 28.1 Å². The van der Waals surface area contributed by atoms with E-state index in [0.717, 1.165) is 21.3 Å². The Labute approximate surface area is 167 Å². The van der Waals surface area contributed by atoms with Crippen LogP contribution in [-0.4, -0.2) is 20.1 Å². The second-order valence-corrected chi connectivity index (χ2v) is 5.78. The molecule has 130 valence electrons. The number of halogens is 3. The maximum Gasteiger partial charge on any atom is 0.191 e. The molecule has 0 spiro atoms. The average molecular weight is 508 g/mol. The smallest absolute Gasteiger partial charge is 0.191 e. The number of hydrogen-bond acceptors (Lipinski definition) is 2. The van der Waals surface area contributed by atoms with Crippen LogP contribution in [-0.2, 0) is 13.1 Å². The van der Waals surface area contributed by atoms with Crippen LogP contribution < -0.4 is 15.4 Å². The van der Waals surface area contributed by atoms with Crippen molar-refractivity contribution in [2.75, 3.05) is 14.2 Å². The first kappa shape index (κ1) is 20.7. The van der Waals surface area contributed by atoms with Crippen LogP contribution in [0.25, 0.3) is 0 Å². The van der Waals surface area contributed by atoms with Gasteiger partial charge in [-0.15, -0.1) is 24.0 Å². The van der Waals surface area contributed by atoms with Gasteiger partial charge in [0.1, 0.15) is 11.6 Å². The third kappa shape index (κ3) is 6.27. The van der Waals surface area contributed by atoms with Crippen molar-refractivity contribution < 1.29 is 9.13 Å². The van der Waals surface area contributed by atoms with Gasteiger partial charge in [0, 0.05) is 30.2 Å². The van der Waals surface area contributed by atoms with Crippen LogP contribution in [0.4, 0.5) is 4.39 Å². The first-order valence-corrected chi connectivity index (χ1v) is 7.93. The Hall–Kier alpha value is -1.35. The van der Waals surface area contributed by atoms with E-state index >= 15 is 0 Å². The molecule has 0 bridgehead atoms. The van der Waals surface area contributed by atoms with Crippen molar-refractivity contribution in [2.45, 2.75) is 13.1 Å². The molecule has 0 aliphatic rings. The van der Waals surface area contributed by atoms with Crippen LogP contribution in [0.5, 0.6) is 5.75 Å². The fourth-order valence-corrected chi connectivity index (χ4v) is 2.48. The summed E-state index contributed by atoms with van der Waals surface area (Å²) in [6, 6.07) is 12.2. The summed E-state index contributed by atoms with van der Waals surface area (Å²) in [6.45, 7) is 1.14. The number of benzene rings is 2. The van der Waals surface area contributed by atoms with Crippen molar-refractivity contribution >= 4 is 45.9 Å². The van der Waals surface area contributed by atoms with E-state index in [1.807, 2.05) is 18.2 Å². The maximum atomic E-state index is 12.9. The highest BCUT2D eigenvalue weighted by Gasteiger charge is 2.05. The monoisotopic (exact) mass is 507 g/mol. The summed E-state index contributed by atoms with van der Waals surface area (Å²) >= 11 is 3.46. The summed E-state index contributed by atoms with van der Waals surface area (Å²) < 4.78 is 19.2. The summed E-state index contributed by atoms with van der Waals surface area (Å²) in [5, 5.41) is 6.42. The molecular formula is C17H20BrFIN3O. The first-order chi connectivity index (χ1) is 11.1. The molecule has 0 amide bonds. The van der Waals surface area contributed by atoms with Crippen molar-refractivity contribution in [1.29, 1.82) is 0 Å². The van der Waals surface area contributed by atoms with Gasteiger partial charge >= 0.3 is 0 Å². The molecule has 0 aliphatic heterocycles. The second kappa shape index (κ2) is 10.5. The number of guanidine groups is 1. The van der Waals surface area contributed by atoms with Gasteiger partial charge in [-0.2, -0.15) is 0 Å². The van der Waals surface area contributed by atoms with E-state index in [4.69, 9.17) is 4.74 Å². The highest BCUT2D eigenvalue weighted by atomic mass is 127. The van der Waals surface area contributed by atoms with Gasteiger partial charge in [-0.05, 0) is 35.9 Å². The van der Waals surface area contributed by atoms with Gasteiger partial charge < -0.3 is 15.4 Å². The van der Waals surface area contributed by atoms with Crippen LogP contribution in [0.1, 0.15) is 11.1 Å². The first-order valence-electron chi connectivity index (χ1n) is 7.13. The largest absolute Gasteiger partial charge is 0.496 e. The standard InChI is InChI=1S/C17H19BrFN3O.HI/c1-20-17(21-10-12-3-6-15(19)7-4-12)22-11-13-9-14(18)5-8-16(13)23-2;/h3-9H,10-11H2,1-2H3,(H2,20,21,22);1H. The van der Waals surface area contributed by atoms with E-state index in [1.165, 1.54) is 12.1 Å². The van der Waals surface area contributed by atoms with Gasteiger partial charge in [0.05, 0.1) is 7.11 Å². The van der Waals surface area contributed by atoms with Crippen LogP contribution in [0.2, 0.25) is 0 Å².